The smallest absolute Gasteiger partial charge is 0.0616 e. The molecule has 0 fully saturated rings. The van der Waals surface area contributed by atoms with E-state index in [0.29, 0.717) is 0 Å². The Balaban J connectivity index is 0.000000146. The Morgan fingerprint density at radius 2 is 0.183 bits per heavy atom. The van der Waals surface area contributed by atoms with E-state index in [-0.39, 0.29) is 44.8 Å². The zero-order valence-corrected chi connectivity index (χ0v) is 73.9. The van der Waals surface area contributed by atoms with Gasteiger partial charge >= 0.3 is 0 Å². The molecule has 0 heterocycles. The molecule has 6 heteroatoms. The van der Waals surface area contributed by atoms with Crippen LogP contribution >= 0.6 is 31.7 Å². The fourth-order valence-corrected chi connectivity index (χ4v) is 38.6. The Labute approximate surface area is 733 Å². The first-order valence-corrected chi connectivity index (χ1v) is 48.1. The molecule has 2 radical (unpaired) electrons. The molecule has 0 aromatic heterocycles. The van der Waals surface area contributed by atoms with Crippen LogP contribution in [0.4, 0.5) is 0 Å². The van der Waals surface area contributed by atoms with Gasteiger partial charge in [0.2, 0.25) is 0 Å². The molecule has 24 aromatic rings. The van der Waals surface area contributed by atoms with Gasteiger partial charge in [-0.2, -0.15) is 0 Å². The normalized spacial score (nSPS) is 11.9. The first-order chi connectivity index (χ1) is 58.6. The molecule has 0 nitrogen and oxygen atoms in total. The molecule has 0 amide bonds. The predicted molar refractivity (Wildman–Crippen MR) is 532 cm³/mol. The van der Waals surface area contributed by atoms with E-state index in [9.17, 15) is 0 Å². The second kappa shape index (κ2) is 32.3. The molecule has 0 unspecified atom stereocenters. The number of hydrogen-bond acceptors (Lipinski definition) is 0. The summed E-state index contributed by atoms with van der Waals surface area (Å²) in [5.41, 5.74) is 0. The van der Waals surface area contributed by atoms with Gasteiger partial charge in [-0.1, -0.05) is 388 Å². The van der Waals surface area contributed by atoms with Crippen LogP contribution in [-0.4, -0.2) is 11.8 Å². The van der Waals surface area contributed by atoms with Crippen LogP contribution in [0.15, 0.2) is 437 Å². The Hall–Kier alpha value is -11.4. The van der Waals surface area contributed by atoms with Crippen molar-refractivity contribution in [1.82, 2.24) is 0 Å². The molecule has 24 aromatic carbocycles. The van der Waals surface area contributed by atoms with E-state index in [1.165, 1.54) is 215 Å². The van der Waals surface area contributed by atoms with Crippen LogP contribution in [-0.2, 0) is 44.8 Å². The van der Waals surface area contributed by atoms with Crippen molar-refractivity contribution in [1.29, 1.82) is 0 Å². The molecule has 0 aliphatic carbocycles. The van der Waals surface area contributed by atoms with Crippen molar-refractivity contribution in [3.8, 4) is 0 Å². The van der Waals surface area contributed by atoms with Crippen LogP contribution in [0.3, 0.4) is 0 Å². The third-order valence-corrected chi connectivity index (χ3v) is 40.1. The standard InChI is InChI=1S/2C57H38P2.2Au/c2*1-9-25-46-38(17-1)33-39-18-2-10-26-47(39)54(46)58(55-48-27-11-3-19-40(48)34-41-20-4-12-28-49(41)55)37-59(56-50-29-13-5-21-42(50)35-43-22-6-14-30-51(43)56)57-52-31-15-7-23-44(52)36-45-24-8-16-32-53(45)57;;/h2*1-36H,37H2;;/p+4. The molecule has 0 aliphatic rings. The first-order valence-electron chi connectivity index (χ1n) is 41.3. The molecular formula is C114H80Au2P4+4. The molecule has 24 rings (SSSR count). The summed E-state index contributed by atoms with van der Waals surface area (Å²) in [6.07, 6.45) is 0. The zero-order valence-electron chi connectivity index (χ0n) is 65.6. The van der Waals surface area contributed by atoms with Crippen LogP contribution in [0, 0.1) is 0 Å². The average Bonchev–Trinajstić information content (AvgIpc) is 0.724. The van der Waals surface area contributed by atoms with Gasteiger partial charge in [0.05, 0.1) is 0 Å². The van der Waals surface area contributed by atoms with Gasteiger partial charge in [-0.05, 0) is 135 Å². The minimum atomic E-state index is -1.62. The van der Waals surface area contributed by atoms with E-state index in [2.05, 4.69) is 437 Å². The summed E-state index contributed by atoms with van der Waals surface area (Å²) in [6, 6.07) is 166. The average molecular weight is 1970 g/mol. The molecule has 574 valence electrons. The second-order valence-corrected chi connectivity index (χ2v) is 42.5. The fourth-order valence-electron chi connectivity index (χ4n) is 20.3. The van der Waals surface area contributed by atoms with Gasteiger partial charge in [0.1, 0.15) is 74.1 Å². The van der Waals surface area contributed by atoms with Crippen molar-refractivity contribution >= 4 is 246 Å². The number of rotatable bonds is 12. The van der Waals surface area contributed by atoms with Gasteiger partial charge in [0.25, 0.3) is 0 Å². The molecule has 0 bridgehead atoms. The topological polar surface area (TPSA) is 0 Å². The largest absolute Gasteiger partial charge is 0.174 e. The van der Waals surface area contributed by atoms with Crippen LogP contribution in [0.5, 0.6) is 0 Å². The van der Waals surface area contributed by atoms with Gasteiger partial charge in [-0.25, -0.2) is 0 Å². The molecule has 0 saturated carbocycles. The Morgan fingerprint density at radius 1 is 0.108 bits per heavy atom. The molecule has 120 heavy (non-hydrogen) atoms. The minimum Gasteiger partial charge on any atom is -0.0616 e. The molecule has 0 atom stereocenters. The van der Waals surface area contributed by atoms with Crippen LogP contribution < -0.4 is 42.4 Å². The van der Waals surface area contributed by atoms with E-state index in [1.807, 2.05) is 0 Å². The van der Waals surface area contributed by atoms with Crippen LogP contribution in [0.1, 0.15) is 0 Å². The Morgan fingerprint density at radius 3 is 0.267 bits per heavy atom. The maximum atomic E-state index is 2.41. The number of hydrogen-bond donors (Lipinski definition) is 0. The van der Waals surface area contributed by atoms with Gasteiger partial charge in [0, 0.05) is 131 Å². The van der Waals surface area contributed by atoms with Crippen molar-refractivity contribution in [3.63, 3.8) is 0 Å². The van der Waals surface area contributed by atoms with Crippen molar-refractivity contribution < 1.29 is 44.8 Å². The SMILES string of the molecule is [Au].[Au].c1ccc2c([PH+](C[PH+](c3c4ccccc4cc4ccccc34)c3c4ccccc4cc4ccccc34)c3c4ccccc4cc4ccccc34)c3ccccc3cc2c1.c1ccc2c([PH+](C[PH+](c3c4ccccc4cc4ccccc34)c3c4ccccc4cc4ccccc34)c3c4ccccc4cc4ccccc34)c3ccccc3cc2c1. The molecule has 0 aliphatic heterocycles. The predicted octanol–water partition coefficient (Wildman–Crippen LogP) is 27.8. The van der Waals surface area contributed by atoms with Crippen molar-refractivity contribution in [3.05, 3.63) is 437 Å². The summed E-state index contributed by atoms with van der Waals surface area (Å²) < 4.78 is 0. The van der Waals surface area contributed by atoms with E-state index < -0.39 is 31.7 Å². The summed E-state index contributed by atoms with van der Waals surface area (Å²) in [6.45, 7) is 0. The number of benzene rings is 24. The van der Waals surface area contributed by atoms with Crippen LogP contribution in [0.2, 0.25) is 0 Å². The Kier molecular flexibility index (Phi) is 20.5. The molecule has 0 spiro atoms. The van der Waals surface area contributed by atoms with E-state index >= 15 is 0 Å². The van der Waals surface area contributed by atoms with E-state index in [1.54, 1.807) is 0 Å². The van der Waals surface area contributed by atoms with E-state index in [4.69, 9.17) is 0 Å². The maximum absolute atomic E-state index is 2.41. The van der Waals surface area contributed by atoms with Crippen molar-refractivity contribution in [2.24, 2.45) is 0 Å². The third kappa shape index (κ3) is 13.2. The van der Waals surface area contributed by atoms with Gasteiger partial charge in [-0.15, -0.1) is 0 Å². The van der Waals surface area contributed by atoms with Crippen molar-refractivity contribution in [2.45, 2.75) is 0 Å². The monoisotopic (exact) mass is 1970 g/mol. The summed E-state index contributed by atoms with van der Waals surface area (Å²) in [5.74, 6) is 2.11. The Bertz CT molecular complexity index is 6350. The second-order valence-electron chi connectivity index (χ2n) is 31.8. The van der Waals surface area contributed by atoms with Crippen LogP contribution in [0.25, 0.3) is 172 Å². The number of fused-ring (bicyclic) bond motifs is 16. The molecule has 0 N–H and O–H groups in total. The maximum Gasteiger partial charge on any atom is 0.174 e. The summed E-state index contributed by atoms with van der Waals surface area (Å²) >= 11 is 0. The summed E-state index contributed by atoms with van der Waals surface area (Å²) in [5, 5.41) is 55.3. The summed E-state index contributed by atoms with van der Waals surface area (Å²) in [7, 11) is -6.48. The fraction of sp³-hybridized carbons (Fsp3) is 0.0175. The first kappa shape index (κ1) is 76.1. The van der Waals surface area contributed by atoms with Gasteiger partial charge in [0.15, 0.2) is 11.8 Å². The quantitative estimate of drug-likeness (QED) is 0.0650. The van der Waals surface area contributed by atoms with E-state index in [0.717, 1.165) is 11.8 Å². The van der Waals surface area contributed by atoms with Crippen molar-refractivity contribution in [2.75, 3.05) is 11.8 Å². The minimum absolute atomic E-state index is 0. The third-order valence-electron chi connectivity index (χ3n) is 25.3. The summed E-state index contributed by atoms with van der Waals surface area (Å²) in [4.78, 5) is 0. The zero-order chi connectivity index (χ0) is 77.7. The molecule has 0 saturated heterocycles. The van der Waals surface area contributed by atoms with Gasteiger partial charge < -0.3 is 0 Å². The van der Waals surface area contributed by atoms with Gasteiger partial charge in [-0.3, -0.25) is 0 Å². The molecular weight excluding hydrogens is 1890 g/mol.